The molecule has 0 spiro atoms. The number of halogens is 1. The lowest BCUT2D eigenvalue weighted by atomic mass is 10.1. The second-order valence-electron chi connectivity index (χ2n) is 8.99. The molecule has 8 nitrogen and oxygen atoms in total. The SMILES string of the molecule is CCC[C@@H](C)N1C(=O)[C@@H](CC(=O)Nc2ccccc2F)SC1=Nc1c(C)n(C)n(-c2ccccc2)c1=O. The maximum atomic E-state index is 14.0. The van der Waals surface area contributed by atoms with Crippen LogP contribution in [-0.4, -0.2) is 42.5 Å². The summed E-state index contributed by atoms with van der Waals surface area (Å²) in [5.74, 6) is -1.26. The molecule has 1 N–H and O–H groups in total. The third kappa shape index (κ3) is 5.39. The van der Waals surface area contributed by atoms with E-state index in [1.807, 2.05) is 44.2 Å². The number of nitrogens with zero attached hydrogens (tertiary/aromatic N) is 4. The summed E-state index contributed by atoms with van der Waals surface area (Å²) in [6, 6.07) is 15.0. The minimum atomic E-state index is -0.731. The molecule has 1 aliphatic heterocycles. The van der Waals surface area contributed by atoms with Crippen molar-refractivity contribution in [2.45, 2.75) is 51.3 Å². The Hall–Kier alpha value is -3.66. The molecule has 1 saturated heterocycles. The largest absolute Gasteiger partial charge is 0.324 e. The van der Waals surface area contributed by atoms with Gasteiger partial charge in [0.1, 0.15) is 11.1 Å². The topological polar surface area (TPSA) is 88.7 Å². The molecule has 10 heteroatoms. The van der Waals surface area contributed by atoms with Crippen LogP contribution in [0.5, 0.6) is 0 Å². The normalized spacial score (nSPS) is 17.4. The van der Waals surface area contributed by atoms with Gasteiger partial charge in [0, 0.05) is 19.5 Å². The Morgan fingerprint density at radius 3 is 2.49 bits per heavy atom. The lowest BCUT2D eigenvalue weighted by Gasteiger charge is -2.24. The van der Waals surface area contributed by atoms with Crippen molar-refractivity contribution in [1.82, 2.24) is 14.3 Å². The summed E-state index contributed by atoms with van der Waals surface area (Å²) in [7, 11) is 1.79. The number of anilines is 1. The number of aromatic nitrogens is 2. The molecule has 2 aromatic carbocycles. The number of amidine groups is 1. The first kappa shape index (κ1) is 26.4. The van der Waals surface area contributed by atoms with Crippen LogP contribution in [0.4, 0.5) is 15.8 Å². The van der Waals surface area contributed by atoms with Gasteiger partial charge >= 0.3 is 0 Å². The van der Waals surface area contributed by atoms with Crippen LogP contribution in [0, 0.1) is 12.7 Å². The summed E-state index contributed by atoms with van der Waals surface area (Å²) in [5.41, 5.74) is 1.37. The molecule has 194 valence electrons. The molecule has 1 aromatic heterocycles. The van der Waals surface area contributed by atoms with E-state index in [4.69, 9.17) is 4.99 Å². The number of amides is 2. The minimum absolute atomic E-state index is 0.0643. The molecule has 1 aliphatic rings. The van der Waals surface area contributed by atoms with Gasteiger partial charge in [-0.2, -0.15) is 0 Å². The van der Waals surface area contributed by atoms with Crippen molar-refractivity contribution in [3.63, 3.8) is 0 Å². The molecule has 0 bridgehead atoms. The van der Waals surface area contributed by atoms with E-state index in [2.05, 4.69) is 5.32 Å². The average molecular weight is 524 g/mol. The summed E-state index contributed by atoms with van der Waals surface area (Å²) in [5, 5.41) is 2.20. The van der Waals surface area contributed by atoms with Crippen LogP contribution in [0.15, 0.2) is 64.4 Å². The molecule has 37 heavy (non-hydrogen) atoms. The van der Waals surface area contributed by atoms with Gasteiger partial charge in [-0.3, -0.25) is 24.0 Å². The van der Waals surface area contributed by atoms with E-state index in [9.17, 15) is 18.8 Å². The number of hydrogen-bond donors (Lipinski definition) is 1. The molecule has 1 fully saturated rings. The van der Waals surface area contributed by atoms with Gasteiger partial charge in [0.2, 0.25) is 11.8 Å². The zero-order valence-corrected chi connectivity index (χ0v) is 22.1. The van der Waals surface area contributed by atoms with Crippen LogP contribution in [0.1, 0.15) is 38.8 Å². The molecule has 4 rings (SSSR count). The first-order chi connectivity index (χ1) is 17.7. The maximum Gasteiger partial charge on any atom is 0.297 e. The van der Waals surface area contributed by atoms with E-state index in [0.717, 1.165) is 24.6 Å². The summed E-state index contributed by atoms with van der Waals surface area (Å²) in [4.78, 5) is 45.8. The number of carbonyl (C=O) groups is 2. The zero-order chi connectivity index (χ0) is 26.7. The van der Waals surface area contributed by atoms with Crippen LogP contribution < -0.4 is 10.9 Å². The molecule has 2 amide bonds. The highest BCUT2D eigenvalue weighted by molar-refractivity contribution is 8.15. The smallest absolute Gasteiger partial charge is 0.297 e. The maximum absolute atomic E-state index is 14.0. The molecule has 0 unspecified atom stereocenters. The predicted octanol–water partition coefficient (Wildman–Crippen LogP) is 4.77. The van der Waals surface area contributed by atoms with E-state index < -0.39 is 17.0 Å². The van der Waals surface area contributed by atoms with Crippen molar-refractivity contribution in [1.29, 1.82) is 0 Å². The van der Waals surface area contributed by atoms with Crippen LogP contribution >= 0.6 is 11.8 Å². The fourth-order valence-electron chi connectivity index (χ4n) is 4.36. The van der Waals surface area contributed by atoms with Crippen molar-refractivity contribution in [2.75, 3.05) is 5.32 Å². The summed E-state index contributed by atoms with van der Waals surface area (Å²) >= 11 is 1.16. The van der Waals surface area contributed by atoms with Gasteiger partial charge in [0.15, 0.2) is 10.9 Å². The monoisotopic (exact) mass is 523 g/mol. The Morgan fingerprint density at radius 1 is 1.14 bits per heavy atom. The van der Waals surface area contributed by atoms with Crippen LogP contribution in [0.2, 0.25) is 0 Å². The number of carbonyl (C=O) groups excluding carboxylic acids is 2. The van der Waals surface area contributed by atoms with Gasteiger partial charge in [-0.25, -0.2) is 14.1 Å². The van der Waals surface area contributed by atoms with E-state index >= 15 is 0 Å². The van der Waals surface area contributed by atoms with Crippen LogP contribution in [0.25, 0.3) is 5.69 Å². The highest BCUT2D eigenvalue weighted by Gasteiger charge is 2.41. The second-order valence-corrected chi connectivity index (χ2v) is 10.2. The number of hydrogen-bond acceptors (Lipinski definition) is 5. The van der Waals surface area contributed by atoms with Crippen LogP contribution in [-0.2, 0) is 16.6 Å². The number of benzene rings is 2. The fraction of sp³-hybridized carbons (Fsp3) is 0.333. The number of thioether (sulfide) groups is 1. The highest BCUT2D eigenvalue weighted by Crippen LogP contribution is 2.34. The number of aliphatic imine (C=N–C) groups is 1. The summed E-state index contributed by atoms with van der Waals surface area (Å²) < 4.78 is 17.3. The Bertz CT molecular complexity index is 1400. The molecule has 2 atom stereocenters. The molecule has 3 aromatic rings. The second kappa shape index (κ2) is 11.2. The van der Waals surface area contributed by atoms with Gasteiger partial charge in [-0.05, 0) is 44.5 Å². The van der Waals surface area contributed by atoms with E-state index in [-0.39, 0.29) is 35.3 Å². The Balaban J connectivity index is 1.66. The molecular weight excluding hydrogens is 493 g/mol. The molecule has 0 radical (unpaired) electrons. The number of nitrogens with one attached hydrogen (secondary N) is 1. The number of para-hydroxylation sites is 2. The van der Waals surface area contributed by atoms with Crippen molar-refractivity contribution >= 4 is 40.1 Å². The van der Waals surface area contributed by atoms with Crippen LogP contribution in [0.3, 0.4) is 0 Å². The van der Waals surface area contributed by atoms with Crippen molar-refractivity contribution in [2.24, 2.45) is 12.0 Å². The minimum Gasteiger partial charge on any atom is -0.324 e. The van der Waals surface area contributed by atoms with E-state index in [1.165, 1.54) is 22.9 Å². The third-order valence-electron chi connectivity index (χ3n) is 6.36. The van der Waals surface area contributed by atoms with Crippen molar-refractivity contribution in [3.8, 4) is 5.69 Å². The van der Waals surface area contributed by atoms with Gasteiger partial charge in [0.25, 0.3) is 5.56 Å². The van der Waals surface area contributed by atoms with E-state index in [0.29, 0.717) is 16.5 Å². The van der Waals surface area contributed by atoms with Gasteiger partial charge in [-0.1, -0.05) is 55.4 Å². The first-order valence-electron chi connectivity index (χ1n) is 12.2. The lowest BCUT2D eigenvalue weighted by molar-refractivity contribution is -0.129. The Morgan fingerprint density at radius 2 is 1.81 bits per heavy atom. The third-order valence-corrected chi connectivity index (χ3v) is 7.52. The molecular formula is C27H30FN5O3S. The van der Waals surface area contributed by atoms with Crippen molar-refractivity contribution < 1.29 is 14.0 Å². The lowest BCUT2D eigenvalue weighted by Crippen LogP contribution is -2.40. The first-order valence-corrected chi connectivity index (χ1v) is 13.1. The Labute approximate surface area is 219 Å². The summed E-state index contributed by atoms with van der Waals surface area (Å²) in [6.07, 6.45) is 1.45. The standard InChI is InChI=1S/C27H30FN5O3S/c1-5-11-17(2)32-25(35)22(16-23(34)29-21-15-10-9-14-20(21)28)37-27(32)30-24-18(3)31(4)33(26(24)36)19-12-7-6-8-13-19/h6-10,12-15,17,22H,5,11,16H2,1-4H3,(H,29,34)/t17-,22-/m1/s1. The molecule has 0 saturated carbocycles. The van der Waals surface area contributed by atoms with Gasteiger partial charge in [0.05, 0.1) is 17.1 Å². The van der Waals surface area contributed by atoms with Gasteiger partial charge in [-0.15, -0.1) is 0 Å². The van der Waals surface area contributed by atoms with E-state index in [1.54, 1.807) is 29.6 Å². The predicted molar refractivity (Wildman–Crippen MR) is 145 cm³/mol. The molecule has 0 aliphatic carbocycles. The summed E-state index contributed by atoms with van der Waals surface area (Å²) in [6.45, 7) is 5.76. The fourth-order valence-corrected chi connectivity index (χ4v) is 5.59. The molecule has 2 heterocycles. The Kier molecular flexibility index (Phi) is 7.97. The quantitative estimate of drug-likeness (QED) is 0.461. The van der Waals surface area contributed by atoms with Crippen molar-refractivity contribution in [3.05, 3.63) is 76.5 Å². The number of rotatable bonds is 8. The zero-order valence-electron chi connectivity index (χ0n) is 21.3. The average Bonchev–Trinajstić information content (AvgIpc) is 3.28. The van der Waals surface area contributed by atoms with Gasteiger partial charge < -0.3 is 5.32 Å². The highest BCUT2D eigenvalue weighted by atomic mass is 32.2.